The fourth-order valence-electron chi connectivity index (χ4n) is 0.191. The molecular formula is C3H4O2S. The minimum absolute atomic E-state index is 0.0648. The van der Waals surface area contributed by atoms with Crippen LogP contribution in [0.5, 0.6) is 0 Å². The summed E-state index contributed by atoms with van der Waals surface area (Å²) in [7, 11) is 0. The van der Waals surface area contributed by atoms with Crippen molar-refractivity contribution in [3.63, 3.8) is 0 Å². The third-order valence-electron chi connectivity index (χ3n) is 0.609. The van der Waals surface area contributed by atoms with E-state index in [1.807, 2.05) is 0 Å². The van der Waals surface area contributed by atoms with Crippen LogP contribution < -0.4 is 0 Å². The summed E-state index contributed by atoms with van der Waals surface area (Å²) in [4.78, 5) is 9.74. The minimum atomic E-state index is -0.667. The molecule has 0 bridgehead atoms. The molecule has 1 aliphatic heterocycles. The third kappa shape index (κ3) is 0.653. The van der Waals surface area contributed by atoms with Crippen molar-refractivity contribution in [2.75, 3.05) is 5.75 Å². The van der Waals surface area contributed by atoms with E-state index in [-0.39, 0.29) is 5.25 Å². The monoisotopic (exact) mass is 104 g/mol. The molecule has 0 saturated carbocycles. The molecule has 1 N–H and O–H groups in total. The molecule has 0 aliphatic carbocycles. The summed E-state index contributed by atoms with van der Waals surface area (Å²) < 4.78 is 0. The highest BCUT2D eigenvalue weighted by molar-refractivity contribution is 8.07. The Hall–Kier alpha value is -0.180. The summed E-state index contributed by atoms with van der Waals surface area (Å²) in [5, 5.41) is 7.97. The van der Waals surface area contributed by atoms with E-state index in [2.05, 4.69) is 0 Å². The van der Waals surface area contributed by atoms with E-state index in [0.717, 1.165) is 5.75 Å². The first-order chi connectivity index (χ1) is 2.80. The number of hydrogen-bond acceptors (Lipinski definition) is 2. The fraction of sp³-hybridized carbons (Fsp3) is 0.667. The van der Waals surface area contributed by atoms with Gasteiger partial charge in [-0.25, -0.2) is 0 Å². The Morgan fingerprint density at radius 1 is 2.00 bits per heavy atom. The zero-order valence-electron chi connectivity index (χ0n) is 3.05. The molecule has 34 valence electrons. The van der Waals surface area contributed by atoms with Crippen molar-refractivity contribution in [3.05, 3.63) is 0 Å². The van der Waals surface area contributed by atoms with Gasteiger partial charge in [0.1, 0.15) is 5.25 Å². The van der Waals surface area contributed by atoms with Crippen LogP contribution in [0.1, 0.15) is 0 Å². The third-order valence-corrected chi connectivity index (χ3v) is 1.48. The zero-order chi connectivity index (χ0) is 4.57. The number of aliphatic carboxylic acids is 1. The summed E-state index contributed by atoms with van der Waals surface area (Å²) in [5.41, 5.74) is 0. The lowest BCUT2D eigenvalue weighted by atomic mass is 10.5. The Bertz CT molecular complexity index is 76.9. The van der Waals surface area contributed by atoms with Gasteiger partial charge in [0, 0.05) is 5.75 Å². The molecule has 1 aliphatic rings. The minimum Gasteiger partial charge on any atom is -0.480 e. The van der Waals surface area contributed by atoms with Crippen LogP contribution in [-0.2, 0) is 4.79 Å². The van der Waals surface area contributed by atoms with Gasteiger partial charge >= 0.3 is 5.97 Å². The Morgan fingerprint density at radius 3 is 2.50 bits per heavy atom. The second-order valence-corrected chi connectivity index (χ2v) is 2.40. The highest BCUT2D eigenvalue weighted by Crippen LogP contribution is 2.29. The van der Waals surface area contributed by atoms with Gasteiger partial charge < -0.3 is 5.11 Å². The van der Waals surface area contributed by atoms with Crippen molar-refractivity contribution in [2.45, 2.75) is 5.25 Å². The maximum atomic E-state index is 9.74. The van der Waals surface area contributed by atoms with Gasteiger partial charge in [-0.2, -0.15) is 0 Å². The number of thioether (sulfide) groups is 1. The number of carboxylic acids is 1. The van der Waals surface area contributed by atoms with E-state index < -0.39 is 5.97 Å². The largest absolute Gasteiger partial charge is 0.480 e. The van der Waals surface area contributed by atoms with Gasteiger partial charge in [-0.1, -0.05) is 0 Å². The Kier molecular flexibility index (Phi) is 0.765. The van der Waals surface area contributed by atoms with Crippen LogP contribution in [0, 0.1) is 0 Å². The van der Waals surface area contributed by atoms with E-state index in [1.165, 1.54) is 11.8 Å². The molecule has 0 aromatic carbocycles. The predicted octanol–water partition coefficient (Wildman–Crippen LogP) is 0.186. The van der Waals surface area contributed by atoms with Crippen molar-refractivity contribution in [1.29, 1.82) is 0 Å². The molecule has 0 amide bonds. The van der Waals surface area contributed by atoms with Gasteiger partial charge in [0.25, 0.3) is 0 Å². The zero-order valence-corrected chi connectivity index (χ0v) is 3.86. The Balaban J connectivity index is 2.31. The van der Waals surface area contributed by atoms with Crippen LogP contribution in [0.3, 0.4) is 0 Å². The van der Waals surface area contributed by atoms with Gasteiger partial charge in [-0.05, 0) is 0 Å². The van der Waals surface area contributed by atoms with Crippen LogP contribution in [-0.4, -0.2) is 22.1 Å². The summed E-state index contributed by atoms with van der Waals surface area (Å²) in [6.07, 6.45) is 0. The smallest absolute Gasteiger partial charge is 0.317 e. The second-order valence-electron chi connectivity index (χ2n) is 1.16. The predicted molar refractivity (Wildman–Crippen MR) is 23.9 cm³/mol. The second kappa shape index (κ2) is 1.15. The van der Waals surface area contributed by atoms with Gasteiger partial charge in [-0.3, -0.25) is 4.79 Å². The van der Waals surface area contributed by atoms with E-state index in [1.54, 1.807) is 0 Å². The molecule has 1 fully saturated rings. The van der Waals surface area contributed by atoms with Gasteiger partial charge in [0.15, 0.2) is 0 Å². The first-order valence-corrected chi connectivity index (χ1v) is 2.70. The topological polar surface area (TPSA) is 37.3 Å². The average molecular weight is 104 g/mol. The summed E-state index contributed by atoms with van der Waals surface area (Å²) in [5.74, 6) is 0.148. The number of carbonyl (C=O) groups is 1. The molecule has 6 heavy (non-hydrogen) atoms. The molecule has 0 aromatic rings. The van der Waals surface area contributed by atoms with Gasteiger partial charge in [0.2, 0.25) is 0 Å². The SMILES string of the molecule is O=C(O)[C@H]1CS1. The molecule has 0 spiro atoms. The van der Waals surface area contributed by atoms with Crippen LogP contribution in [0.2, 0.25) is 0 Å². The molecule has 1 saturated heterocycles. The number of rotatable bonds is 1. The lowest BCUT2D eigenvalue weighted by Crippen LogP contribution is -2.00. The lowest BCUT2D eigenvalue weighted by molar-refractivity contribution is -0.135. The first-order valence-electron chi connectivity index (χ1n) is 1.65. The van der Waals surface area contributed by atoms with E-state index in [4.69, 9.17) is 5.11 Å². The number of carboxylic acid groups (broad SMARTS) is 1. The van der Waals surface area contributed by atoms with Crippen LogP contribution >= 0.6 is 11.8 Å². The summed E-state index contributed by atoms with van der Waals surface area (Å²) >= 11 is 1.48. The van der Waals surface area contributed by atoms with E-state index in [9.17, 15) is 4.79 Å². The van der Waals surface area contributed by atoms with Crippen molar-refractivity contribution in [2.24, 2.45) is 0 Å². The van der Waals surface area contributed by atoms with Crippen molar-refractivity contribution < 1.29 is 9.90 Å². The lowest BCUT2D eigenvalue weighted by Gasteiger charge is -1.73. The quantitative estimate of drug-likeness (QED) is 0.482. The van der Waals surface area contributed by atoms with E-state index in [0.29, 0.717) is 0 Å². The first kappa shape index (κ1) is 3.99. The van der Waals surface area contributed by atoms with Crippen LogP contribution in [0.15, 0.2) is 0 Å². The molecule has 1 rings (SSSR count). The Labute approximate surface area is 39.5 Å². The molecule has 2 nitrogen and oxygen atoms in total. The summed E-state index contributed by atoms with van der Waals surface area (Å²) in [6, 6.07) is 0. The van der Waals surface area contributed by atoms with Crippen molar-refractivity contribution in [3.8, 4) is 0 Å². The Morgan fingerprint density at radius 2 is 2.50 bits per heavy atom. The van der Waals surface area contributed by atoms with Crippen molar-refractivity contribution in [1.82, 2.24) is 0 Å². The highest BCUT2D eigenvalue weighted by Gasteiger charge is 2.29. The molecule has 0 radical (unpaired) electrons. The molecular weight excluding hydrogens is 100 g/mol. The molecule has 1 atom stereocenters. The number of hydrogen-bond donors (Lipinski definition) is 1. The van der Waals surface area contributed by atoms with Gasteiger partial charge in [0.05, 0.1) is 0 Å². The maximum absolute atomic E-state index is 9.74. The normalized spacial score (nSPS) is 29.7. The van der Waals surface area contributed by atoms with Crippen molar-refractivity contribution >= 4 is 17.7 Å². The molecule has 3 heteroatoms. The average Bonchev–Trinajstić information content (AvgIpc) is 2.06. The highest BCUT2D eigenvalue weighted by atomic mass is 32.2. The molecule has 0 aromatic heterocycles. The van der Waals surface area contributed by atoms with Gasteiger partial charge in [-0.15, -0.1) is 11.8 Å². The molecule has 0 unspecified atom stereocenters. The van der Waals surface area contributed by atoms with E-state index >= 15 is 0 Å². The molecule has 1 heterocycles. The summed E-state index contributed by atoms with van der Waals surface area (Å²) in [6.45, 7) is 0. The standard InChI is InChI=1S/C3H4O2S/c4-3(5)2-1-6-2/h2H,1H2,(H,4,5)/t2-/m1/s1. The van der Waals surface area contributed by atoms with Crippen LogP contribution in [0.25, 0.3) is 0 Å². The fourth-order valence-corrected chi connectivity index (χ4v) is 0.572. The van der Waals surface area contributed by atoms with Crippen LogP contribution in [0.4, 0.5) is 0 Å². The maximum Gasteiger partial charge on any atom is 0.317 e.